The van der Waals surface area contributed by atoms with Crippen LogP contribution in [0.2, 0.25) is 0 Å². The highest BCUT2D eigenvalue weighted by Crippen LogP contribution is 2.24. The minimum Gasteiger partial charge on any atom is -0.303 e. The quantitative estimate of drug-likeness (QED) is 0.643. The summed E-state index contributed by atoms with van der Waals surface area (Å²) < 4.78 is 1.78. The molecule has 4 rings (SSSR count). The first-order chi connectivity index (χ1) is 14.0. The van der Waals surface area contributed by atoms with Gasteiger partial charge in [0.2, 0.25) is 0 Å². The monoisotopic (exact) mass is 391 g/mol. The van der Waals surface area contributed by atoms with Crippen molar-refractivity contribution in [2.24, 2.45) is 18.9 Å². The van der Waals surface area contributed by atoms with E-state index in [4.69, 9.17) is 0 Å². The van der Waals surface area contributed by atoms with Crippen molar-refractivity contribution in [1.82, 2.24) is 24.6 Å². The Balaban J connectivity index is 1.44. The van der Waals surface area contributed by atoms with E-state index in [1.165, 1.54) is 0 Å². The van der Waals surface area contributed by atoms with Crippen LogP contribution < -0.4 is 0 Å². The van der Waals surface area contributed by atoms with Crippen molar-refractivity contribution in [3.63, 3.8) is 0 Å². The molecular formula is C23H29N5O. The molecule has 1 fully saturated rings. The van der Waals surface area contributed by atoms with E-state index in [1.54, 1.807) is 10.9 Å². The molecule has 0 atom stereocenters. The molecule has 0 radical (unpaired) electrons. The van der Waals surface area contributed by atoms with E-state index in [1.807, 2.05) is 31.7 Å². The van der Waals surface area contributed by atoms with Gasteiger partial charge in [0, 0.05) is 60.5 Å². The van der Waals surface area contributed by atoms with E-state index in [9.17, 15) is 4.79 Å². The lowest BCUT2D eigenvalue weighted by Crippen LogP contribution is -2.38. The summed E-state index contributed by atoms with van der Waals surface area (Å²) in [6.45, 7) is 7.67. The molecule has 0 bridgehead atoms. The van der Waals surface area contributed by atoms with Gasteiger partial charge in [-0.25, -0.2) is 0 Å². The van der Waals surface area contributed by atoms with Crippen molar-refractivity contribution in [3.8, 4) is 11.1 Å². The third kappa shape index (κ3) is 4.70. The standard InChI is InChI=1S/C23H29N5O/c1-16(2)14-28-6-4-17(5-7-28)23(29)10-21-9-18-8-19(11-25-22(18)13-24-21)20-12-26-27(3)15-20/h8-9,11-13,15-17H,4-7,10,14H2,1-3H3. The number of ketones is 1. The number of aromatic nitrogens is 4. The zero-order valence-electron chi connectivity index (χ0n) is 17.5. The molecule has 3 aromatic rings. The normalized spacial score (nSPS) is 16.0. The first-order valence-corrected chi connectivity index (χ1v) is 10.5. The highest BCUT2D eigenvalue weighted by molar-refractivity contribution is 5.86. The van der Waals surface area contributed by atoms with Gasteiger partial charge in [0.15, 0.2) is 0 Å². The lowest BCUT2D eigenvalue weighted by atomic mass is 9.90. The first kappa shape index (κ1) is 19.7. The largest absolute Gasteiger partial charge is 0.303 e. The van der Waals surface area contributed by atoms with Gasteiger partial charge >= 0.3 is 0 Å². The van der Waals surface area contributed by atoms with Crippen molar-refractivity contribution in [2.45, 2.75) is 33.1 Å². The summed E-state index contributed by atoms with van der Waals surface area (Å²) in [7, 11) is 1.90. The van der Waals surface area contributed by atoms with E-state index in [-0.39, 0.29) is 5.92 Å². The summed E-state index contributed by atoms with van der Waals surface area (Å²) in [5, 5.41) is 5.24. The number of Topliss-reactive ketones (excluding diaryl/α,β-unsaturated/α-hetero) is 1. The fourth-order valence-corrected chi connectivity index (χ4v) is 4.18. The number of aryl methyl sites for hydroxylation is 1. The van der Waals surface area contributed by atoms with Gasteiger partial charge in [-0.2, -0.15) is 5.10 Å². The van der Waals surface area contributed by atoms with Gasteiger partial charge in [0.1, 0.15) is 5.78 Å². The average Bonchev–Trinajstić information content (AvgIpc) is 3.14. The number of rotatable bonds is 6. The number of carbonyl (C=O) groups is 1. The number of likely N-dealkylation sites (tertiary alicyclic amines) is 1. The maximum Gasteiger partial charge on any atom is 0.142 e. The maximum atomic E-state index is 12.8. The van der Waals surface area contributed by atoms with Gasteiger partial charge < -0.3 is 4.90 Å². The Kier molecular flexibility index (Phi) is 5.72. The molecule has 0 spiro atoms. The maximum absolute atomic E-state index is 12.8. The van der Waals surface area contributed by atoms with E-state index in [0.29, 0.717) is 18.1 Å². The number of piperidine rings is 1. The minimum atomic E-state index is 0.163. The van der Waals surface area contributed by atoms with Crippen molar-refractivity contribution in [2.75, 3.05) is 19.6 Å². The van der Waals surface area contributed by atoms with Gasteiger partial charge in [0.25, 0.3) is 0 Å². The second-order valence-electron chi connectivity index (χ2n) is 8.61. The van der Waals surface area contributed by atoms with Crippen LogP contribution in [0.4, 0.5) is 0 Å². The molecule has 6 nitrogen and oxygen atoms in total. The van der Waals surface area contributed by atoms with E-state index in [0.717, 1.165) is 60.2 Å². The van der Waals surface area contributed by atoms with Gasteiger partial charge in [-0.15, -0.1) is 0 Å². The molecule has 0 saturated carbocycles. The predicted octanol–water partition coefficient (Wildman–Crippen LogP) is 3.51. The molecule has 29 heavy (non-hydrogen) atoms. The molecule has 0 N–H and O–H groups in total. The third-order valence-electron chi connectivity index (χ3n) is 5.68. The molecule has 6 heteroatoms. The molecule has 0 aromatic carbocycles. The lowest BCUT2D eigenvalue weighted by molar-refractivity contribution is -0.123. The van der Waals surface area contributed by atoms with Crippen molar-refractivity contribution in [3.05, 3.63) is 42.6 Å². The number of pyridine rings is 2. The summed E-state index contributed by atoms with van der Waals surface area (Å²) in [4.78, 5) is 24.3. The molecule has 152 valence electrons. The third-order valence-corrected chi connectivity index (χ3v) is 5.68. The number of nitrogens with zero attached hydrogens (tertiary/aromatic N) is 5. The molecule has 0 unspecified atom stereocenters. The molecule has 4 heterocycles. The topological polar surface area (TPSA) is 63.9 Å². The van der Waals surface area contributed by atoms with Crippen LogP contribution in [-0.2, 0) is 18.3 Å². The van der Waals surface area contributed by atoms with Crippen LogP contribution in [0.3, 0.4) is 0 Å². The van der Waals surface area contributed by atoms with Crippen molar-refractivity contribution < 1.29 is 4.79 Å². The lowest BCUT2D eigenvalue weighted by Gasteiger charge is -2.32. The first-order valence-electron chi connectivity index (χ1n) is 10.5. The minimum absolute atomic E-state index is 0.163. The van der Waals surface area contributed by atoms with Crippen LogP contribution >= 0.6 is 0 Å². The van der Waals surface area contributed by atoms with Crippen LogP contribution in [0, 0.1) is 11.8 Å². The molecule has 3 aromatic heterocycles. The highest BCUT2D eigenvalue weighted by Gasteiger charge is 2.25. The van der Waals surface area contributed by atoms with E-state index >= 15 is 0 Å². The molecule has 1 aliphatic rings. The molecule has 1 saturated heterocycles. The molecule has 0 amide bonds. The van der Waals surface area contributed by atoms with E-state index in [2.05, 4.69) is 39.9 Å². The summed E-state index contributed by atoms with van der Waals surface area (Å²) in [5.41, 5.74) is 3.73. The second-order valence-corrected chi connectivity index (χ2v) is 8.61. The Morgan fingerprint density at radius 2 is 1.90 bits per heavy atom. The number of hydrogen-bond acceptors (Lipinski definition) is 5. The predicted molar refractivity (Wildman–Crippen MR) is 114 cm³/mol. The Morgan fingerprint density at radius 3 is 2.59 bits per heavy atom. The zero-order chi connectivity index (χ0) is 20.4. The highest BCUT2D eigenvalue weighted by atomic mass is 16.1. The van der Waals surface area contributed by atoms with E-state index < -0.39 is 0 Å². The van der Waals surface area contributed by atoms with Crippen LogP contribution in [0.15, 0.2) is 36.9 Å². The van der Waals surface area contributed by atoms with Crippen LogP contribution in [0.25, 0.3) is 22.0 Å². The Morgan fingerprint density at radius 1 is 1.10 bits per heavy atom. The van der Waals surface area contributed by atoms with Crippen molar-refractivity contribution >= 4 is 16.7 Å². The fraction of sp³-hybridized carbons (Fsp3) is 0.478. The van der Waals surface area contributed by atoms with Crippen molar-refractivity contribution in [1.29, 1.82) is 0 Å². The Bertz CT molecular complexity index is 1000. The average molecular weight is 392 g/mol. The second kappa shape index (κ2) is 8.41. The Labute approximate surface area is 172 Å². The van der Waals surface area contributed by atoms with Crippen LogP contribution in [0.5, 0.6) is 0 Å². The van der Waals surface area contributed by atoms with Gasteiger partial charge in [0.05, 0.1) is 17.9 Å². The summed E-state index contributed by atoms with van der Waals surface area (Å²) in [6, 6.07) is 4.10. The Hall–Kier alpha value is -2.60. The summed E-state index contributed by atoms with van der Waals surface area (Å²) in [6.07, 6.45) is 9.76. The van der Waals surface area contributed by atoms with Crippen LogP contribution in [-0.4, -0.2) is 50.1 Å². The fourth-order valence-electron chi connectivity index (χ4n) is 4.18. The zero-order valence-corrected chi connectivity index (χ0v) is 17.5. The number of carbonyl (C=O) groups excluding carboxylic acids is 1. The smallest absolute Gasteiger partial charge is 0.142 e. The SMILES string of the molecule is CC(C)CN1CCC(C(=O)Cc2cc3cc(-c4cnn(C)c4)cnc3cn2)CC1. The van der Waals surface area contributed by atoms with Gasteiger partial charge in [-0.3, -0.25) is 19.4 Å². The molecule has 1 aliphatic heterocycles. The molecule has 0 aliphatic carbocycles. The number of hydrogen-bond donors (Lipinski definition) is 0. The van der Waals surface area contributed by atoms with Gasteiger partial charge in [-0.1, -0.05) is 13.8 Å². The van der Waals surface area contributed by atoms with Crippen LogP contribution in [0.1, 0.15) is 32.4 Å². The summed E-state index contributed by atoms with van der Waals surface area (Å²) in [5.74, 6) is 1.16. The van der Waals surface area contributed by atoms with Gasteiger partial charge in [-0.05, 0) is 44.0 Å². The molecular weight excluding hydrogens is 362 g/mol. The summed E-state index contributed by atoms with van der Waals surface area (Å²) >= 11 is 0. The number of fused-ring (bicyclic) bond motifs is 1.